The Kier molecular flexibility index (Phi) is 4.46. The SMILES string of the molecule is CC(C)[C@H]1CN(Cc2ccco2)CCN1Cc1ccco1. The average molecular weight is 288 g/mol. The van der Waals surface area contributed by atoms with Gasteiger partial charge in [-0.2, -0.15) is 0 Å². The van der Waals surface area contributed by atoms with Crippen LogP contribution in [0.1, 0.15) is 25.4 Å². The molecule has 0 amide bonds. The van der Waals surface area contributed by atoms with E-state index < -0.39 is 0 Å². The van der Waals surface area contributed by atoms with Crippen molar-refractivity contribution in [3.05, 3.63) is 48.3 Å². The van der Waals surface area contributed by atoms with Crippen LogP contribution in [0.4, 0.5) is 0 Å². The fourth-order valence-corrected chi connectivity index (χ4v) is 3.11. The molecular weight excluding hydrogens is 264 g/mol. The van der Waals surface area contributed by atoms with Crippen molar-refractivity contribution in [1.29, 1.82) is 0 Å². The largest absolute Gasteiger partial charge is 0.468 e. The van der Waals surface area contributed by atoms with E-state index in [0.717, 1.165) is 44.2 Å². The van der Waals surface area contributed by atoms with Gasteiger partial charge in [-0.15, -0.1) is 0 Å². The number of piperazine rings is 1. The van der Waals surface area contributed by atoms with Crippen LogP contribution in [0.15, 0.2) is 45.6 Å². The Morgan fingerprint density at radius 3 is 2.29 bits per heavy atom. The summed E-state index contributed by atoms with van der Waals surface area (Å²) in [4.78, 5) is 5.03. The monoisotopic (exact) mass is 288 g/mol. The Labute approximate surface area is 126 Å². The summed E-state index contributed by atoms with van der Waals surface area (Å²) in [7, 11) is 0. The first-order valence-electron chi connectivity index (χ1n) is 7.73. The van der Waals surface area contributed by atoms with Gasteiger partial charge >= 0.3 is 0 Å². The third-order valence-electron chi connectivity index (χ3n) is 4.29. The second kappa shape index (κ2) is 6.50. The van der Waals surface area contributed by atoms with Gasteiger partial charge in [-0.3, -0.25) is 9.80 Å². The molecule has 0 aliphatic carbocycles. The van der Waals surface area contributed by atoms with Crippen molar-refractivity contribution in [2.24, 2.45) is 5.92 Å². The van der Waals surface area contributed by atoms with Gasteiger partial charge in [0.05, 0.1) is 25.6 Å². The van der Waals surface area contributed by atoms with Gasteiger partial charge in [0.25, 0.3) is 0 Å². The van der Waals surface area contributed by atoms with Gasteiger partial charge in [0, 0.05) is 25.7 Å². The molecule has 2 aromatic heterocycles. The van der Waals surface area contributed by atoms with Crippen molar-refractivity contribution in [2.75, 3.05) is 19.6 Å². The van der Waals surface area contributed by atoms with Gasteiger partial charge in [-0.1, -0.05) is 13.8 Å². The summed E-state index contributed by atoms with van der Waals surface area (Å²) in [6, 6.07) is 8.60. The fraction of sp³-hybridized carbons (Fsp3) is 0.529. The second-order valence-electron chi connectivity index (χ2n) is 6.18. The molecule has 1 fully saturated rings. The van der Waals surface area contributed by atoms with Gasteiger partial charge in [0.1, 0.15) is 11.5 Å². The Balaban J connectivity index is 1.62. The third-order valence-corrected chi connectivity index (χ3v) is 4.29. The minimum Gasteiger partial charge on any atom is -0.468 e. The molecule has 21 heavy (non-hydrogen) atoms. The molecule has 0 aromatic carbocycles. The van der Waals surface area contributed by atoms with E-state index in [2.05, 4.69) is 35.8 Å². The Hall–Kier alpha value is -1.52. The summed E-state index contributed by atoms with van der Waals surface area (Å²) in [6.07, 6.45) is 3.51. The van der Waals surface area contributed by atoms with Crippen molar-refractivity contribution in [2.45, 2.75) is 33.0 Å². The number of hydrogen-bond donors (Lipinski definition) is 0. The van der Waals surface area contributed by atoms with Crippen LogP contribution in [0.3, 0.4) is 0 Å². The molecule has 0 radical (unpaired) electrons. The molecule has 114 valence electrons. The summed E-state index contributed by atoms with van der Waals surface area (Å²) in [5.74, 6) is 2.73. The summed E-state index contributed by atoms with van der Waals surface area (Å²) in [6.45, 7) is 9.65. The lowest BCUT2D eigenvalue weighted by Gasteiger charge is -2.42. The maximum atomic E-state index is 5.51. The summed E-state index contributed by atoms with van der Waals surface area (Å²) in [5.41, 5.74) is 0. The van der Waals surface area contributed by atoms with E-state index in [1.807, 2.05) is 12.1 Å². The highest BCUT2D eigenvalue weighted by Gasteiger charge is 2.29. The molecule has 1 atom stereocenters. The lowest BCUT2D eigenvalue weighted by molar-refractivity contribution is 0.0332. The molecular formula is C17H24N2O2. The third kappa shape index (κ3) is 3.57. The Bertz CT molecular complexity index is 519. The topological polar surface area (TPSA) is 32.8 Å². The lowest BCUT2D eigenvalue weighted by Crippen LogP contribution is -2.54. The van der Waals surface area contributed by atoms with E-state index in [-0.39, 0.29) is 0 Å². The van der Waals surface area contributed by atoms with Crippen LogP contribution in [0.5, 0.6) is 0 Å². The van der Waals surface area contributed by atoms with E-state index in [0.29, 0.717) is 12.0 Å². The predicted molar refractivity (Wildman–Crippen MR) is 81.7 cm³/mol. The summed E-state index contributed by atoms with van der Waals surface area (Å²) >= 11 is 0. The molecule has 1 saturated heterocycles. The molecule has 3 heterocycles. The van der Waals surface area contributed by atoms with Crippen molar-refractivity contribution >= 4 is 0 Å². The van der Waals surface area contributed by atoms with Crippen LogP contribution in [-0.2, 0) is 13.1 Å². The van der Waals surface area contributed by atoms with Crippen LogP contribution in [0.25, 0.3) is 0 Å². The lowest BCUT2D eigenvalue weighted by atomic mass is 9.99. The maximum Gasteiger partial charge on any atom is 0.117 e. The maximum absolute atomic E-state index is 5.51. The predicted octanol–water partition coefficient (Wildman–Crippen LogP) is 3.22. The molecule has 2 aromatic rings. The van der Waals surface area contributed by atoms with E-state index in [1.165, 1.54) is 0 Å². The zero-order valence-corrected chi connectivity index (χ0v) is 12.9. The highest BCUT2D eigenvalue weighted by molar-refractivity contribution is 5.01. The van der Waals surface area contributed by atoms with Crippen molar-refractivity contribution in [3.8, 4) is 0 Å². The van der Waals surface area contributed by atoms with E-state index in [4.69, 9.17) is 8.83 Å². The standard InChI is InChI=1S/C17H24N2O2/c1-14(2)17-13-18(11-15-5-3-9-20-15)7-8-19(17)12-16-6-4-10-21-16/h3-6,9-10,14,17H,7-8,11-13H2,1-2H3/t17-/m1/s1. The van der Waals surface area contributed by atoms with Crippen molar-refractivity contribution in [3.63, 3.8) is 0 Å². The second-order valence-corrected chi connectivity index (χ2v) is 6.18. The molecule has 0 spiro atoms. The fourth-order valence-electron chi connectivity index (χ4n) is 3.11. The summed E-state index contributed by atoms with van der Waals surface area (Å²) < 4.78 is 11.0. The Morgan fingerprint density at radius 1 is 1.05 bits per heavy atom. The Morgan fingerprint density at radius 2 is 1.71 bits per heavy atom. The average Bonchev–Trinajstić information content (AvgIpc) is 3.13. The number of hydrogen-bond acceptors (Lipinski definition) is 4. The molecule has 4 nitrogen and oxygen atoms in total. The minimum absolute atomic E-state index is 0.554. The molecule has 4 heteroatoms. The quantitative estimate of drug-likeness (QED) is 0.846. The molecule has 3 rings (SSSR count). The zero-order valence-electron chi connectivity index (χ0n) is 12.9. The number of rotatable bonds is 5. The van der Waals surface area contributed by atoms with E-state index in [1.54, 1.807) is 12.5 Å². The smallest absolute Gasteiger partial charge is 0.117 e. The molecule has 0 unspecified atom stereocenters. The van der Waals surface area contributed by atoms with Crippen LogP contribution in [0.2, 0.25) is 0 Å². The van der Waals surface area contributed by atoms with Crippen LogP contribution in [0, 0.1) is 5.92 Å². The van der Waals surface area contributed by atoms with Gasteiger partial charge in [0.15, 0.2) is 0 Å². The van der Waals surface area contributed by atoms with Crippen LogP contribution < -0.4 is 0 Å². The summed E-state index contributed by atoms with van der Waals surface area (Å²) in [5, 5.41) is 0. The zero-order chi connectivity index (χ0) is 14.7. The minimum atomic E-state index is 0.554. The highest BCUT2D eigenvalue weighted by atomic mass is 16.3. The number of furan rings is 2. The first kappa shape index (κ1) is 14.4. The van der Waals surface area contributed by atoms with Gasteiger partial charge in [-0.25, -0.2) is 0 Å². The first-order valence-corrected chi connectivity index (χ1v) is 7.73. The first-order chi connectivity index (χ1) is 10.2. The van der Waals surface area contributed by atoms with Crippen molar-refractivity contribution in [1.82, 2.24) is 9.80 Å². The molecule has 0 N–H and O–H groups in total. The normalized spacial score (nSPS) is 21.2. The van der Waals surface area contributed by atoms with E-state index >= 15 is 0 Å². The van der Waals surface area contributed by atoms with Crippen LogP contribution in [-0.4, -0.2) is 35.5 Å². The van der Waals surface area contributed by atoms with Crippen LogP contribution >= 0.6 is 0 Å². The van der Waals surface area contributed by atoms with Gasteiger partial charge in [-0.05, 0) is 30.2 Å². The van der Waals surface area contributed by atoms with Gasteiger partial charge < -0.3 is 8.83 Å². The van der Waals surface area contributed by atoms with Gasteiger partial charge in [0.2, 0.25) is 0 Å². The molecule has 1 aliphatic rings. The highest BCUT2D eigenvalue weighted by Crippen LogP contribution is 2.21. The van der Waals surface area contributed by atoms with E-state index in [9.17, 15) is 0 Å². The van der Waals surface area contributed by atoms with Crippen molar-refractivity contribution < 1.29 is 8.83 Å². The molecule has 0 saturated carbocycles. The number of nitrogens with zero attached hydrogens (tertiary/aromatic N) is 2. The molecule has 0 bridgehead atoms. The molecule has 1 aliphatic heterocycles.